The maximum absolute atomic E-state index is 13.6. The fraction of sp³-hybridized carbons (Fsp3) is 0.0769. The van der Waals surface area contributed by atoms with Crippen LogP contribution in [0.1, 0.15) is 15.9 Å². The van der Waals surface area contributed by atoms with Gasteiger partial charge < -0.3 is 9.67 Å². The van der Waals surface area contributed by atoms with Crippen LogP contribution < -0.4 is 5.56 Å². The lowest BCUT2D eigenvalue weighted by atomic mass is 9.93. The largest absolute Gasteiger partial charge is 0.395 e. The van der Waals surface area contributed by atoms with Crippen LogP contribution in [0, 0.1) is 0 Å². The molecule has 148 valence electrons. The van der Waals surface area contributed by atoms with Crippen molar-refractivity contribution in [3.63, 3.8) is 0 Å². The van der Waals surface area contributed by atoms with Crippen molar-refractivity contribution in [3.05, 3.63) is 119 Å². The van der Waals surface area contributed by atoms with Crippen molar-refractivity contribution >= 4 is 5.78 Å². The zero-order chi connectivity index (χ0) is 20.9. The zero-order valence-corrected chi connectivity index (χ0v) is 16.4. The fourth-order valence-electron chi connectivity index (χ4n) is 3.62. The Kier molecular flexibility index (Phi) is 5.68. The minimum atomic E-state index is -0.405. The van der Waals surface area contributed by atoms with Gasteiger partial charge in [0.25, 0.3) is 5.56 Å². The number of carbonyl (C=O) groups is 1. The lowest BCUT2D eigenvalue weighted by molar-refractivity contribution is 0.103. The molecule has 3 aromatic carbocycles. The summed E-state index contributed by atoms with van der Waals surface area (Å²) in [5.41, 5.74) is 3.05. The molecule has 1 heterocycles. The van der Waals surface area contributed by atoms with Gasteiger partial charge in [0.15, 0.2) is 5.78 Å². The third kappa shape index (κ3) is 3.73. The van der Waals surface area contributed by atoms with Gasteiger partial charge in [0.05, 0.1) is 17.9 Å². The summed E-state index contributed by atoms with van der Waals surface area (Å²) in [5, 5.41) is 9.60. The summed E-state index contributed by atoms with van der Waals surface area (Å²) in [6.45, 7) is -0.101. The zero-order valence-electron chi connectivity index (χ0n) is 16.4. The summed E-state index contributed by atoms with van der Waals surface area (Å²) >= 11 is 0. The molecule has 4 aromatic rings. The van der Waals surface area contributed by atoms with E-state index in [9.17, 15) is 14.7 Å². The average molecular weight is 395 g/mol. The maximum Gasteiger partial charge on any atom is 0.262 e. The van der Waals surface area contributed by atoms with Crippen LogP contribution in [0.15, 0.2) is 102 Å². The smallest absolute Gasteiger partial charge is 0.262 e. The van der Waals surface area contributed by atoms with E-state index in [0.717, 1.165) is 11.1 Å². The molecular formula is C26H21NO3. The van der Waals surface area contributed by atoms with E-state index in [1.807, 2.05) is 72.8 Å². The van der Waals surface area contributed by atoms with E-state index in [0.29, 0.717) is 16.8 Å². The summed E-state index contributed by atoms with van der Waals surface area (Å²) in [6, 6.07) is 29.6. The van der Waals surface area contributed by atoms with Gasteiger partial charge >= 0.3 is 0 Å². The van der Waals surface area contributed by atoms with Gasteiger partial charge in [-0.3, -0.25) is 9.59 Å². The molecule has 1 aromatic heterocycles. The lowest BCUT2D eigenvalue weighted by Crippen LogP contribution is -2.30. The first-order valence-electron chi connectivity index (χ1n) is 9.80. The number of benzene rings is 3. The summed E-state index contributed by atoms with van der Waals surface area (Å²) < 4.78 is 1.48. The number of aliphatic hydroxyl groups excluding tert-OH is 1. The van der Waals surface area contributed by atoms with Crippen molar-refractivity contribution in [1.82, 2.24) is 4.57 Å². The molecule has 1 N–H and O–H groups in total. The molecule has 0 unspecified atom stereocenters. The predicted molar refractivity (Wildman–Crippen MR) is 119 cm³/mol. The van der Waals surface area contributed by atoms with E-state index in [1.165, 1.54) is 4.57 Å². The first-order chi connectivity index (χ1) is 14.7. The van der Waals surface area contributed by atoms with Gasteiger partial charge in [0, 0.05) is 17.7 Å². The SMILES string of the molecule is O=C(c1ccccc1)c1c(-c2ccccc2)cc(-c2ccccc2)n(CCO)c1=O. The lowest BCUT2D eigenvalue weighted by Gasteiger charge is -2.18. The minimum Gasteiger partial charge on any atom is -0.395 e. The molecule has 0 bridgehead atoms. The second kappa shape index (κ2) is 8.72. The number of nitrogens with zero attached hydrogens (tertiary/aromatic N) is 1. The van der Waals surface area contributed by atoms with Crippen LogP contribution in [-0.2, 0) is 6.54 Å². The van der Waals surface area contributed by atoms with Crippen LogP contribution in [0.3, 0.4) is 0 Å². The average Bonchev–Trinajstić information content (AvgIpc) is 2.81. The second-order valence-corrected chi connectivity index (χ2v) is 6.93. The third-order valence-corrected chi connectivity index (χ3v) is 5.04. The number of rotatable bonds is 6. The van der Waals surface area contributed by atoms with Gasteiger partial charge in [-0.1, -0.05) is 91.0 Å². The number of hydrogen-bond donors (Lipinski definition) is 1. The Balaban J connectivity index is 2.05. The van der Waals surface area contributed by atoms with Crippen molar-refractivity contribution < 1.29 is 9.90 Å². The monoisotopic (exact) mass is 395 g/mol. The van der Waals surface area contributed by atoms with Gasteiger partial charge in [0.1, 0.15) is 0 Å². The second-order valence-electron chi connectivity index (χ2n) is 6.93. The molecule has 0 aliphatic carbocycles. The van der Waals surface area contributed by atoms with Crippen molar-refractivity contribution in [2.24, 2.45) is 0 Å². The van der Waals surface area contributed by atoms with Gasteiger partial charge in [-0.05, 0) is 17.2 Å². The predicted octanol–water partition coefficient (Wildman–Crippen LogP) is 4.41. The number of carbonyl (C=O) groups excluding carboxylic acids is 1. The minimum absolute atomic E-state index is 0.104. The van der Waals surface area contributed by atoms with Crippen LogP contribution in [0.5, 0.6) is 0 Å². The molecule has 4 heteroatoms. The van der Waals surface area contributed by atoms with Crippen LogP contribution in [0.2, 0.25) is 0 Å². The molecule has 30 heavy (non-hydrogen) atoms. The number of pyridine rings is 1. The van der Waals surface area contributed by atoms with Crippen molar-refractivity contribution in [3.8, 4) is 22.4 Å². The van der Waals surface area contributed by atoms with Crippen molar-refractivity contribution in [1.29, 1.82) is 0 Å². The van der Waals surface area contributed by atoms with Gasteiger partial charge in [-0.2, -0.15) is 0 Å². The Morgan fingerprint density at radius 3 is 1.87 bits per heavy atom. The summed E-state index contributed by atoms with van der Waals surface area (Å²) in [5.74, 6) is -0.328. The number of aromatic nitrogens is 1. The Labute approximate surface area is 174 Å². The third-order valence-electron chi connectivity index (χ3n) is 5.04. The molecule has 0 aliphatic rings. The fourth-order valence-corrected chi connectivity index (χ4v) is 3.62. The molecule has 4 rings (SSSR count). The molecule has 0 atom stereocenters. The van der Waals surface area contributed by atoms with Crippen LogP contribution >= 0.6 is 0 Å². The van der Waals surface area contributed by atoms with Crippen molar-refractivity contribution in [2.75, 3.05) is 6.61 Å². The van der Waals surface area contributed by atoms with E-state index >= 15 is 0 Å². The molecule has 0 amide bonds. The number of ketones is 1. The molecular weight excluding hydrogens is 374 g/mol. The quantitative estimate of drug-likeness (QED) is 0.492. The summed E-state index contributed by atoms with van der Waals surface area (Å²) in [6.07, 6.45) is 0. The van der Waals surface area contributed by atoms with Gasteiger partial charge in [-0.25, -0.2) is 0 Å². The standard InChI is InChI=1S/C26H21NO3/c28-17-16-27-23(20-12-6-2-7-13-20)18-22(19-10-4-1-5-11-19)24(26(27)30)25(29)21-14-8-3-9-15-21/h1-15,18,28H,16-17H2. The molecule has 0 saturated carbocycles. The molecule has 4 nitrogen and oxygen atoms in total. The molecule has 0 aliphatic heterocycles. The Bertz CT molecular complexity index is 1210. The molecule has 0 saturated heterocycles. The van der Waals surface area contributed by atoms with E-state index in [2.05, 4.69) is 0 Å². The topological polar surface area (TPSA) is 59.3 Å². The number of hydrogen-bond acceptors (Lipinski definition) is 3. The first kappa shape index (κ1) is 19.6. The first-order valence-corrected chi connectivity index (χ1v) is 9.80. The van der Waals surface area contributed by atoms with E-state index in [-0.39, 0.29) is 24.5 Å². The van der Waals surface area contributed by atoms with Crippen LogP contribution in [0.4, 0.5) is 0 Å². The summed E-state index contributed by atoms with van der Waals surface area (Å²) in [4.78, 5) is 27.0. The molecule has 0 fully saturated rings. The van der Waals surface area contributed by atoms with Crippen LogP contribution in [-0.4, -0.2) is 22.1 Å². The van der Waals surface area contributed by atoms with Crippen LogP contribution in [0.25, 0.3) is 22.4 Å². The normalized spacial score (nSPS) is 10.7. The Morgan fingerprint density at radius 2 is 1.30 bits per heavy atom. The highest BCUT2D eigenvalue weighted by atomic mass is 16.3. The summed E-state index contributed by atoms with van der Waals surface area (Å²) in [7, 11) is 0. The molecule has 0 radical (unpaired) electrons. The van der Waals surface area contributed by atoms with E-state index in [1.54, 1.807) is 24.3 Å². The highest BCUT2D eigenvalue weighted by Crippen LogP contribution is 2.29. The Morgan fingerprint density at radius 1 is 0.767 bits per heavy atom. The Hall–Kier alpha value is -3.76. The van der Waals surface area contributed by atoms with Gasteiger partial charge in [0.2, 0.25) is 0 Å². The van der Waals surface area contributed by atoms with Gasteiger partial charge in [-0.15, -0.1) is 0 Å². The maximum atomic E-state index is 13.6. The molecule has 0 spiro atoms. The van der Waals surface area contributed by atoms with Crippen molar-refractivity contribution in [2.45, 2.75) is 6.54 Å². The van der Waals surface area contributed by atoms with E-state index < -0.39 is 5.56 Å². The highest BCUT2D eigenvalue weighted by molar-refractivity contribution is 6.12. The van der Waals surface area contributed by atoms with E-state index in [4.69, 9.17) is 0 Å². The highest BCUT2D eigenvalue weighted by Gasteiger charge is 2.23. The number of aliphatic hydroxyl groups is 1.